The highest BCUT2D eigenvalue weighted by atomic mass is 35.5. The quantitative estimate of drug-likeness (QED) is 0.507. The second-order valence-corrected chi connectivity index (χ2v) is 6.70. The van der Waals surface area contributed by atoms with Gasteiger partial charge in [0.1, 0.15) is 0 Å². The predicted octanol–water partition coefficient (Wildman–Crippen LogP) is 2.34. The SMILES string of the molecule is O=C(O)CCC(=O)N[C@H](Cc1ccc(-c2cccc(Cl)c2)cc1)[C@H](O)C(=O)O. The standard InChI is InChI=1S/C20H20ClNO6/c21-15-3-1-2-14(11-15)13-6-4-12(5-7-13)10-16(19(26)20(27)28)22-17(23)8-9-18(24)25/h1-7,11,16,19,26H,8-10H2,(H,22,23)(H,24,25)(H,27,28)/t16-,19+/m1/s1. The summed E-state index contributed by atoms with van der Waals surface area (Å²) in [6.07, 6.45) is -2.43. The molecule has 0 spiro atoms. The molecule has 0 radical (unpaired) electrons. The van der Waals surface area contributed by atoms with Crippen LogP contribution >= 0.6 is 11.6 Å². The molecule has 0 aliphatic carbocycles. The van der Waals surface area contributed by atoms with Crippen molar-refractivity contribution in [3.8, 4) is 11.1 Å². The zero-order valence-corrected chi connectivity index (χ0v) is 15.6. The fourth-order valence-corrected chi connectivity index (χ4v) is 2.86. The number of carbonyl (C=O) groups excluding carboxylic acids is 1. The van der Waals surface area contributed by atoms with Crippen LogP contribution in [0.25, 0.3) is 11.1 Å². The van der Waals surface area contributed by atoms with Crippen molar-refractivity contribution < 1.29 is 29.7 Å². The number of carboxylic acids is 2. The van der Waals surface area contributed by atoms with Crippen molar-refractivity contribution in [2.75, 3.05) is 0 Å². The number of aliphatic hydroxyl groups is 1. The van der Waals surface area contributed by atoms with Crippen LogP contribution in [0, 0.1) is 0 Å². The topological polar surface area (TPSA) is 124 Å². The molecule has 28 heavy (non-hydrogen) atoms. The molecule has 148 valence electrons. The van der Waals surface area contributed by atoms with E-state index in [0.29, 0.717) is 10.6 Å². The maximum atomic E-state index is 11.9. The maximum absolute atomic E-state index is 11.9. The molecular weight excluding hydrogens is 386 g/mol. The number of rotatable bonds is 9. The molecule has 2 aromatic carbocycles. The number of nitrogens with one attached hydrogen (secondary N) is 1. The third kappa shape index (κ3) is 6.37. The van der Waals surface area contributed by atoms with Gasteiger partial charge in [0, 0.05) is 11.4 Å². The highest BCUT2D eigenvalue weighted by molar-refractivity contribution is 6.30. The van der Waals surface area contributed by atoms with Crippen molar-refractivity contribution in [1.82, 2.24) is 5.32 Å². The molecule has 7 nitrogen and oxygen atoms in total. The van der Waals surface area contributed by atoms with E-state index >= 15 is 0 Å². The van der Waals surface area contributed by atoms with E-state index in [9.17, 15) is 19.5 Å². The van der Waals surface area contributed by atoms with Crippen molar-refractivity contribution in [1.29, 1.82) is 0 Å². The Hall–Kier alpha value is -2.90. The molecule has 0 saturated carbocycles. The molecule has 0 aromatic heterocycles. The van der Waals surface area contributed by atoms with Crippen LogP contribution in [0.5, 0.6) is 0 Å². The lowest BCUT2D eigenvalue weighted by Gasteiger charge is -2.21. The smallest absolute Gasteiger partial charge is 0.334 e. The first-order valence-corrected chi connectivity index (χ1v) is 8.91. The van der Waals surface area contributed by atoms with Gasteiger partial charge in [-0.2, -0.15) is 0 Å². The van der Waals surface area contributed by atoms with Crippen LogP contribution in [0.15, 0.2) is 48.5 Å². The van der Waals surface area contributed by atoms with E-state index in [4.69, 9.17) is 21.8 Å². The number of carbonyl (C=O) groups is 3. The molecular formula is C20H20ClNO6. The van der Waals surface area contributed by atoms with Gasteiger partial charge >= 0.3 is 11.9 Å². The Morgan fingerprint density at radius 1 is 0.964 bits per heavy atom. The zero-order chi connectivity index (χ0) is 20.7. The number of carboxylic acid groups (broad SMARTS) is 2. The zero-order valence-electron chi connectivity index (χ0n) is 14.8. The minimum Gasteiger partial charge on any atom is -0.481 e. The second kappa shape index (κ2) is 9.87. The van der Waals surface area contributed by atoms with Crippen LogP contribution in [0.2, 0.25) is 5.02 Å². The predicted molar refractivity (Wildman–Crippen MR) is 103 cm³/mol. The van der Waals surface area contributed by atoms with Crippen LogP contribution in [-0.4, -0.2) is 45.3 Å². The van der Waals surface area contributed by atoms with Crippen LogP contribution < -0.4 is 5.32 Å². The third-order valence-electron chi connectivity index (χ3n) is 4.11. The number of aliphatic hydroxyl groups excluding tert-OH is 1. The molecule has 0 unspecified atom stereocenters. The first-order chi connectivity index (χ1) is 13.3. The normalized spacial score (nSPS) is 12.8. The molecule has 0 aliphatic heterocycles. The average molecular weight is 406 g/mol. The van der Waals surface area contributed by atoms with Crippen molar-refractivity contribution in [2.24, 2.45) is 0 Å². The van der Waals surface area contributed by atoms with Crippen molar-refractivity contribution in [3.63, 3.8) is 0 Å². The van der Waals surface area contributed by atoms with Gasteiger partial charge in [-0.15, -0.1) is 0 Å². The summed E-state index contributed by atoms with van der Waals surface area (Å²) in [5.74, 6) is -3.25. The van der Waals surface area contributed by atoms with E-state index < -0.39 is 30.0 Å². The number of benzene rings is 2. The molecule has 0 fully saturated rings. The van der Waals surface area contributed by atoms with Crippen molar-refractivity contribution >= 4 is 29.4 Å². The summed E-state index contributed by atoms with van der Waals surface area (Å²) in [6.45, 7) is 0. The molecule has 0 saturated heterocycles. The fourth-order valence-electron chi connectivity index (χ4n) is 2.67. The van der Waals surface area contributed by atoms with Gasteiger partial charge in [-0.25, -0.2) is 4.79 Å². The molecule has 2 atom stereocenters. The number of amides is 1. The minimum atomic E-state index is -1.82. The van der Waals surface area contributed by atoms with Gasteiger partial charge < -0.3 is 20.6 Å². The Labute approximate surface area is 166 Å². The number of hydrogen-bond acceptors (Lipinski definition) is 4. The monoisotopic (exact) mass is 405 g/mol. The van der Waals surface area contributed by atoms with Crippen LogP contribution in [0.3, 0.4) is 0 Å². The Balaban J connectivity index is 2.11. The third-order valence-corrected chi connectivity index (χ3v) is 4.35. The summed E-state index contributed by atoms with van der Waals surface area (Å²) in [5.41, 5.74) is 2.53. The van der Waals surface area contributed by atoms with Crippen LogP contribution in [0.1, 0.15) is 18.4 Å². The van der Waals surface area contributed by atoms with E-state index in [1.165, 1.54) is 0 Å². The first-order valence-electron chi connectivity index (χ1n) is 8.53. The Bertz CT molecular complexity index is 852. The van der Waals surface area contributed by atoms with Crippen molar-refractivity contribution in [3.05, 3.63) is 59.1 Å². The van der Waals surface area contributed by atoms with Crippen LogP contribution in [0.4, 0.5) is 0 Å². The molecule has 0 bridgehead atoms. The first kappa shape index (κ1) is 21.4. The highest BCUT2D eigenvalue weighted by Crippen LogP contribution is 2.23. The van der Waals surface area contributed by atoms with E-state index in [0.717, 1.165) is 11.1 Å². The summed E-state index contributed by atoms with van der Waals surface area (Å²) >= 11 is 5.99. The summed E-state index contributed by atoms with van der Waals surface area (Å²) in [4.78, 5) is 33.6. The minimum absolute atomic E-state index is 0.0715. The van der Waals surface area contributed by atoms with E-state index in [1.807, 2.05) is 30.3 Å². The van der Waals surface area contributed by atoms with Gasteiger partial charge in [0.25, 0.3) is 0 Å². The highest BCUT2D eigenvalue weighted by Gasteiger charge is 2.27. The Kier molecular flexibility index (Phi) is 7.54. The lowest BCUT2D eigenvalue weighted by molar-refractivity contribution is -0.149. The number of hydrogen-bond donors (Lipinski definition) is 4. The summed E-state index contributed by atoms with van der Waals surface area (Å²) < 4.78 is 0. The fraction of sp³-hybridized carbons (Fsp3) is 0.250. The van der Waals surface area contributed by atoms with Gasteiger partial charge in [-0.1, -0.05) is 48.0 Å². The van der Waals surface area contributed by atoms with E-state index in [1.54, 1.807) is 18.2 Å². The van der Waals surface area contributed by atoms with Gasteiger partial charge in [0.05, 0.1) is 12.5 Å². The molecule has 4 N–H and O–H groups in total. The van der Waals surface area contributed by atoms with E-state index in [-0.39, 0.29) is 19.3 Å². The van der Waals surface area contributed by atoms with Crippen LogP contribution in [-0.2, 0) is 20.8 Å². The summed E-state index contributed by atoms with van der Waals surface area (Å²) in [6, 6.07) is 13.4. The summed E-state index contributed by atoms with van der Waals surface area (Å²) in [7, 11) is 0. The van der Waals surface area contributed by atoms with Gasteiger partial charge in [-0.3, -0.25) is 9.59 Å². The summed E-state index contributed by atoms with van der Waals surface area (Å²) in [5, 5.41) is 30.6. The molecule has 2 rings (SSSR count). The Morgan fingerprint density at radius 3 is 2.21 bits per heavy atom. The van der Waals surface area contributed by atoms with E-state index in [2.05, 4.69) is 5.32 Å². The largest absolute Gasteiger partial charge is 0.481 e. The average Bonchev–Trinajstić information content (AvgIpc) is 2.65. The van der Waals surface area contributed by atoms with Gasteiger partial charge in [-0.05, 0) is 35.2 Å². The van der Waals surface area contributed by atoms with Gasteiger partial charge in [0.15, 0.2) is 6.10 Å². The molecule has 0 heterocycles. The number of halogens is 1. The lowest BCUT2D eigenvalue weighted by Crippen LogP contribution is -2.48. The molecule has 0 aliphatic rings. The maximum Gasteiger partial charge on any atom is 0.334 e. The van der Waals surface area contributed by atoms with Gasteiger partial charge in [0.2, 0.25) is 5.91 Å². The number of aliphatic carboxylic acids is 2. The molecule has 2 aromatic rings. The second-order valence-electron chi connectivity index (χ2n) is 6.26. The van der Waals surface area contributed by atoms with Crippen molar-refractivity contribution in [2.45, 2.75) is 31.4 Å². The Morgan fingerprint density at radius 2 is 1.64 bits per heavy atom. The molecule has 1 amide bonds. The lowest BCUT2D eigenvalue weighted by atomic mass is 9.98. The molecule has 8 heteroatoms.